The van der Waals surface area contributed by atoms with Crippen molar-refractivity contribution in [3.8, 4) is 0 Å². The van der Waals surface area contributed by atoms with Gasteiger partial charge in [0.1, 0.15) is 11.9 Å². The summed E-state index contributed by atoms with van der Waals surface area (Å²) in [7, 11) is 0. The van der Waals surface area contributed by atoms with Crippen LogP contribution in [0.3, 0.4) is 0 Å². The van der Waals surface area contributed by atoms with Crippen LogP contribution in [0.1, 0.15) is 43.8 Å². The molecule has 0 amide bonds. The van der Waals surface area contributed by atoms with Crippen LogP contribution in [0.4, 0.5) is 5.82 Å². The lowest BCUT2D eigenvalue weighted by Gasteiger charge is -2.31. The Morgan fingerprint density at radius 2 is 2.17 bits per heavy atom. The van der Waals surface area contributed by atoms with Crippen molar-refractivity contribution in [3.63, 3.8) is 0 Å². The van der Waals surface area contributed by atoms with E-state index in [9.17, 15) is 9.90 Å². The molecule has 1 aliphatic carbocycles. The summed E-state index contributed by atoms with van der Waals surface area (Å²) in [5.74, 6) is 0.286. The molecule has 1 aromatic rings. The highest BCUT2D eigenvalue weighted by Crippen LogP contribution is 2.36. The lowest BCUT2D eigenvalue weighted by Crippen LogP contribution is -2.38. The summed E-state index contributed by atoms with van der Waals surface area (Å²) in [5, 5.41) is 13.8. The number of aryl methyl sites for hydroxylation is 1. The normalized spacial score (nSPS) is 24.3. The van der Waals surface area contributed by atoms with Crippen LogP contribution in [-0.4, -0.2) is 33.4 Å². The SMILES string of the molecule is Cc1cc(N2CCCC2C(=O)O)n(C2CCC2)n1. The van der Waals surface area contributed by atoms with E-state index in [1.807, 2.05) is 17.9 Å². The van der Waals surface area contributed by atoms with Gasteiger partial charge in [-0.3, -0.25) is 0 Å². The third-order valence-electron chi connectivity index (χ3n) is 4.09. The molecule has 2 heterocycles. The van der Waals surface area contributed by atoms with Crippen molar-refractivity contribution >= 4 is 11.8 Å². The number of anilines is 1. The molecule has 5 heteroatoms. The Balaban J connectivity index is 1.92. The van der Waals surface area contributed by atoms with Crippen molar-refractivity contribution in [1.82, 2.24) is 9.78 Å². The first-order valence-electron chi connectivity index (χ1n) is 6.72. The largest absolute Gasteiger partial charge is 0.480 e. The number of carboxylic acids is 1. The summed E-state index contributed by atoms with van der Waals surface area (Å²) in [6.45, 7) is 2.80. The predicted molar refractivity (Wildman–Crippen MR) is 67.9 cm³/mol. The molecule has 1 unspecified atom stereocenters. The lowest BCUT2D eigenvalue weighted by molar-refractivity contribution is -0.138. The zero-order chi connectivity index (χ0) is 12.7. The van der Waals surface area contributed by atoms with E-state index in [1.54, 1.807) is 0 Å². The first kappa shape index (κ1) is 11.6. The number of nitrogens with zero attached hydrogens (tertiary/aromatic N) is 3. The molecule has 2 fully saturated rings. The highest BCUT2D eigenvalue weighted by Gasteiger charge is 2.34. The number of carbonyl (C=O) groups is 1. The zero-order valence-corrected chi connectivity index (χ0v) is 10.7. The van der Waals surface area contributed by atoms with Crippen LogP contribution in [0.15, 0.2) is 6.07 Å². The van der Waals surface area contributed by atoms with Crippen molar-refractivity contribution < 1.29 is 9.90 Å². The van der Waals surface area contributed by atoms with Gasteiger partial charge >= 0.3 is 5.97 Å². The summed E-state index contributed by atoms with van der Waals surface area (Å²) < 4.78 is 2.06. The average molecular weight is 249 g/mol. The van der Waals surface area contributed by atoms with Crippen molar-refractivity contribution in [2.45, 2.75) is 51.1 Å². The smallest absolute Gasteiger partial charge is 0.326 e. The van der Waals surface area contributed by atoms with Gasteiger partial charge < -0.3 is 10.0 Å². The summed E-state index contributed by atoms with van der Waals surface area (Å²) in [4.78, 5) is 13.3. The predicted octanol–water partition coefficient (Wildman–Crippen LogP) is 1.97. The topological polar surface area (TPSA) is 58.4 Å². The third kappa shape index (κ3) is 1.78. The summed E-state index contributed by atoms with van der Waals surface area (Å²) in [6.07, 6.45) is 5.28. The molecule has 1 atom stereocenters. The molecule has 1 aromatic heterocycles. The molecule has 0 bridgehead atoms. The fourth-order valence-corrected chi connectivity index (χ4v) is 2.92. The fourth-order valence-electron chi connectivity index (χ4n) is 2.92. The van der Waals surface area contributed by atoms with E-state index >= 15 is 0 Å². The first-order valence-corrected chi connectivity index (χ1v) is 6.72. The number of hydrogen-bond donors (Lipinski definition) is 1. The van der Waals surface area contributed by atoms with Crippen LogP contribution in [0.5, 0.6) is 0 Å². The Hall–Kier alpha value is -1.52. The molecular weight excluding hydrogens is 230 g/mol. The van der Waals surface area contributed by atoms with Gasteiger partial charge in [0.2, 0.25) is 0 Å². The van der Waals surface area contributed by atoms with Crippen molar-refractivity contribution in [2.75, 3.05) is 11.4 Å². The molecule has 0 aromatic carbocycles. The van der Waals surface area contributed by atoms with E-state index in [2.05, 4.69) is 9.78 Å². The maximum absolute atomic E-state index is 11.3. The molecule has 1 aliphatic heterocycles. The second kappa shape index (κ2) is 4.30. The van der Waals surface area contributed by atoms with Crippen molar-refractivity contribution in [3.05, 3.63) is 11.8 Å². The van der Waals surface area contributed by atoms with E-state index in [-0.39, 0.29) is 6.04 Å². The van der Waals surface area contributed by atoms with Crippen LogP contribution in [0.25, 0.3) is 0 Å². The molecule has 0 spiro atoms. The van der Waals surface area contributed by atoms with Gasteiger partial charge in [-0.15, -0.1) is 0 Å². The minimum Gasteiger partial charge on any atom is -0.480 e. The second-order valence-electron chi connectivity index (χ2n) is 5.36. The second-order valence-corrected chi connectivity index (χ2v) is 5.36. The fraction of sp³-hybridized carbons (Fsp3) is 0.692. The Morgan fingerprint density at radius 1 is 1.39 bits per heavy atom. The molecule has 98 valence electrons. The zero-order valence-electron chi connectivity index (χ0n) is 10.7. The van der Waals surface area contributed by atoms with Crippen LogP contribution in [-0.2, 0) is 4.79 Å². The number of hydrogen-bond acceptors (Lipinski definition) is 3. The number of rotatable bonds is 3. The Bertz CT molecular complexity index is 465. The number of aromatic nitrogens is 2. The van der Waals surface area contributed by atoms with Gasteiger partial charge in [0.15, 0.2) is 0 Å². The monoisotopic (exact) mass is 249 g/mol. The van der Waals surface area contributed by atoms with Gasteiger partial charge in [-0.25, -0.2) is 9.48 Å². The number of aliphatic carboxylic acids is 1. The molecule has 1 N–H and O–H groups in total. The first-order chi connectivity index (χ1) is 8.66. The summed E-state index contributed by atoms with van der Waals surface area (Å²) >= 11 is 0. The quantitative estimate of drug-likeness (QED) is 0.889. The lowest BCUT2D eigenvalue weighted by atomic mass is 9.93. The van der Waals surface area contributed by atoms with E-state index < -0.39 is 5.97 Å². The summed E-state index contributed by atoms with van der Waals surface area (Å²) in [5.41, 5.74) is 0.980. The third-order valence-corrected chi connectivity index (χ3v) is 4.09. The van der Waals surface area contributed by atoms with Crippen LogP contribution in [0.2, 0.25) is 0 Å². The van der Waals surface area contributed by atoms with Crippen LogP contribution < -0.4 is 4.90 Å². The molecule has 1 saturated heterocycles. The van der Waals surface area contributed by atoms with Crippen LogP contribution >= 0.6 is 0 Å². The number of carboxylic acid groups (broad SMARTS) is 1. The van der Waals surface area contributed by atoms with E-state index in [0.717, 1.165) is 30.9 Å². The molecule has 3 rings (SSSR count). The maximum atomic E-state index is 11.3. The van der Waals surface area contributed by atoms with E-state index in [4.69, 9.17) is 0 Å². The van der Waals surface area contributed by atoms with Crippen LogP contribution in [0, 0.1) is 6.92 Å². The van der Waals surface area contributed by atoms with Gasteiger partial charge in [-0.1, -0.05) is 0 Å². The summed E-state index contributed by atoms with van der Waals surface area (Å²) in [6, 6.07) is 2.13. The highest BCUT2D eigenvalue weighted by atomic mass is 16.4. The van der Waals surface area contributed by atoms with Gasteiger partial charge in [-0.2, -0.15) is 5.10 Å². The van der Waals surface area contributed by atoms with E-state index in [1.165, 1.54) is 19.3 Å². The Labute approximate surface area is 106 Å². The Morgan fingerprint density at radius 3 is 2.78 bits per heavy atom. The molecule has 2 aliphatic rings. The van der Waals surface area contributed by atoms with Crippen molar-refractivity contribution in [1.29, 1.82) is 0 Å². The molecule has 18 heavy (non-hydrogen) atoms. The van der Waals surface area contributed by atoms with Crippen molar-refractivity contribution in [2.24, 2.45) is 0 Å². The Kier molecular flexibility index (Phi) is 2.76. The minimum atomic E-state index is -0.716. The van der Waals surface area contributed by atoms with Gasteiger partial charge in [-0.05, 0) is 39.0 Å². The maximum Gasteiger partial charge on any atom is 0.326 e. The molecule has 0 radical (unpaired) electrons. The molecule has 1 saturated carbocycles. The molecular formula is C13H19N3O2. The molecule has 5 nitrogen and oxygen atoms in total. The minimum absolute atomic E-state index is 0.375. The van der Waals surface area contributed by atoms with Gasteiger partial charge in [0, 0.05) is 12.6 Å². The van der Waals surface area contributed by atoms with E-state index in [0.29, 0.717) is 6.04 Å². The standard InChI is InChI=1S/C13H19N3O2/c1-9-8-12(16(14-9)10-4-2-5-10)15-7-3-6-11(15)13(17)18/h8,10-11H,2-7H2,1H3,(H,17,18). The van der Waals surface area contributed by atoms with Gasteiger partial charge in [0.25, 0.3) is 0 Å². The average Bonchev–Trinajstić information content (AvgIpc) is 2.81. The van der Waals surface area contributed by atoms with Gasteiger partial charge in [0.05, 0.1) is 11.7 Å². The highest BCUT2D eigenvalue weighted by molar-refractivity contribution is 5.78.